The number of anilines is 1. The molecular weight excluding hydrogens is 369 g/mol. The van der Waals surface area contributed by atoms with Gasteiger partial charge in [-0.25, -0.2) is 22.0 Å². The molecule has 1 aromatic heterocycles. The van der Waals surface area contributed by atoms with Crippen molar-refractivity contribution in [3.05, 3.63) is 70.8 Å². The summed E-state index contributed by atoms with van der Waals surface area (Å²) in [5, 5.41) is 8.07. The van der Waals surface area contributed by atoms with Gasteiger partial charge in [-0.05, 0) is 18.1 Å². The number of hydrogen-bond donors (Lipinski definition) is 2. The summed E-state index contributed by atoms with van der Waals surface area (Å²) < 4.78 is 69.3. The van der Waals surface area contributed by atoms with Crippen molar-refractivity contribution in [2.75, 3.05) is 5.32 Å². The third kappa shape index (κ3) is 3.27. The van der Waals surface area contributed by atoms with Crippen LogP contribution in [0.1, 0.15) is 27.9 Å². The number of rotatable bonds is 4. The smallest absolute Gasteiger partial charge is 0.264 e. The highest BCUT2D eigenvalue weighted by Gasteiger charge is 2.27. The number of halogens is 5. The molecule has 0 aliphatic carbocycles. The van der Waals surface area contributed by atoms with Crippen molar-refractivity contribution in [2.45, 2.75) is 13.3 Å². The van der Waals surface area contributed by atoms with Crippen LogP contribution in [-0.2, 0) is 0 Å². The fourth-order valence-electron chi connectivity index (χ4n) is 2.71. The Morgan fingerprint density at radius 1 is 1.11 bits per heavy atom. The molecule has 2 N–H and O–H groups in total. The van der Waals surface area contributed by atoms with Gasteiger partial charge in [-0.1, -0.05) is 24.3 Å². The summed E-state index contributed by atoms with van der Waals surface area (Å²) in [5.41, 5.74) is -2.24. The largest absolute Gasteiger partial charge is 0.319 e. The number of benzene rings is 2. The van der Waals surface area contributed by atoms with Crippen LogP contribution in [0.5, 0.6) is 0 Å². The summed E-state index contributed by atoms with van der Waals surface area (Å²) in [7, 11) is 0. The number of aromatic amines is 1. The van der Waals surface area contributed by atoms with Crippen molar-refractivity contribution in [3.8, 4) is 11.1 Å². The Kier molecular flexibility index (Phi) is 4.93. The predicted molar refractivity (Wildman–Crippen MR) is 88.0 cm³/mol. The minimum Gasteiger partial charge on any atom is -0.319 e. The molecule has 1 heterocycles. The topological polar surface area (TPSA) is 57.8 Å². The van der Waals surface area contributed by atoms with Crippen molar-refractivity contribution in [1.82, 2.24) is 10.2 Å². The molecule has 0 saturated heterocycles. The molecule has 9 heteroatoms. The van der Waals surface area contributed by atoms with E-state index in [2.05, 4.69) is 15.5 Å². The minimum atomic E-state index is -2.95. The highest BCUT2D eigenvalue weighted by molar-refractivity contribution is 6.06. The Labute approximate surface area is 150 Å². The molecule has 0 bridgehead atoms. The second-order valence-electron chi connectivity index (χ2n) is 5.65. The number of nitrogens with zero attached hydrogens (tertiary/aromatic N) is 1. The first-order chi connectivity index (χ1) is 12.8. The first-order valence-corrected chi connectivity index (χ1v) is 7.67. The molecule has 0 spiro atoms. The van der Waals surface area contributed by atoms with Crippen LogP contribution in [0.3, 0.4) is 0 Å². The number of aromatic nitrogens is 2. The van der Waals surface area contributed by atoms with Crippen LogP contribution in [-0.4, -0.2) is 16.1 Å². The normalized spacial score (nSPS) is 11.1. The Morgan fingerprint density at radius 3 is 2.44 bits per heavy atom. The van der Waals surface area contributed by atoms with E-state index in [0.717, 1.165) is 19.2 Å². The molecule has 0 saturated carbocycles. The van der Waals surface area contributed by atoms with Gasteiger partial charge in [0.15, 0.2) is 17.5 Å². The molecule has 0 radical (unpaired) electrons. The van der Waals surface area contributed by atoms with Crippen LogP contribution in [0.25, 0.3) is 11.1 Å². The minimum absolute atomic E-state index is 0.00937. The monoisotopic (exact) mass is 381 g/mol. The molecule has 4 nitrogen and oxygen atoms in total. The van der Waals surface area contributed by atoms with Crippen molar-refractivity contribution >= 4 is 11.6 Å². The number of alkyl halides is 2. The van der Waals surface area contributed by atoms with E-state index in [0.29, 0.717) is 0 Å². The van der Waals surface area contributed by atoms with E-state index in [1.807, 2.05) is 0 Å². The zero-order chi connectivity index (χ0) is 19.7. The van der Waals surface area contributed by atoms with E-state index in [4.69, 9.17) is 0 Å². The Bertz CT molecular complexity index is 1000. The van der Waals surface area contributed by atoms with Gasteiger partial charge in [-0.2, -0.15) is 5.10 Å². The van der Waals surface area contributed by atoms with Gasteiger partial charge in [-0.15, -0.1) is 0 Å². The maximum atomic E-state index is 14.5. The van der Waals surface area contributed by atoms with E-state index in [9.17, 15) is 26.7 Å². The number of hydrogen-bond acceptors (Lipinski definition) is 2. The lowest BCUT2D eigenvalue weighted by atomic mass is 9.93. The maximum Gasteiger partial charge on any atom is 0.264 e. The lowest BCUT2D eigenvalue weighted by Crippen LogP contribution is -2.16. The summed E-state index contributed by atoms with van der Waals surface area (Å²) in [6.45, 7) is 1.11. The molecule has 140 valence electrons. The number of H-pyrrole nitrogens is 1. The molecule has 27 heavy (non-hydrogen) atoms. The number of carbonyl (C=O) groups is 1. The molecule has 1 amide bonds. The molecule has 0 aliphatic rings. The fourth-order valence-corrected chi connectivity index (χ4v) is 2.71. The molecule has 0 atom stereocenters. The van der Waals surface area contributed by atoms with E-state index in [-0.39, 0.29) is 16.7 Å². The first-order valence-electron chi connectivity index (χ1n) is 7.67. The van der Waals surface area contributed by atoms with Crippen molar-refractivity contribution < 1.29 is 26.7 Å². The Morgan fingerprint density at radius 2 is 1.81 bits per heavy atom. The summed E-state index contributed by atoms with van der Waals surface area (Å²) in [5.74, 6) is -5.89. The van der Waals surface area contributed by atoms with Gasteiger partial charge in [0, 0.05) is 17.3 Å². The van der Waals surface area contributed by atoms with Crippen LogP contribution < -0.4 is 5.32 Å². The molecule has 0 fully saturated rings. The zero-order valence-electron chi connectivity index (χ0n) is 13.8. The van der Waals surface area contributed by atoms with Crippen LogP contribution in [0, 0.1) is 24.4 Å². The number of carbonyl (C=O) groups excluding carboxylic acids is 1. The Hall–Kier alpha value is -3.23. The molecule has 0 unspecified atom stereocenters. The summed E-state index contributed by atoms with van der Waals surface area (Å²) in [6, 6.07) is 5.02. The van der Waals surface area contributed by atoms with Gasteiger partial charge in [0.25, 0.3) is 12.3 Å². The second kappa shape index (κ2) is 7.18. The number of amides is 1. The SMILES string of the molecule is Cc1c(F)c(F)c(F)c(NC(=O)c2cn[nH]c2)c1-c1ccccc1C(F)F. The van der Waals surface area contributed by atoms with Gasteiger partial charge in [0.1, 0.15) is 0 Å². The quantitative estimate of drug-likeness (QED) is 0.494. The molecule has 0 aliphatic heterocycles. The highest BCUT2D eigenvalue weighted by Crippen LogP contribution is 2.41. The third-order valence-electron chi connectivity index (χ3n) is 4.02. The lowest BCUT2D eigenvalue weighted by molar-refractivity contribution is 0.102. The fraction of sp³-hybridized carbons (Fsp3) is 0.111. The third-order valence-corrected chi connectivity index (χ3v) is 4.02. The van der Waals surface area contributed by atoms with Crippen LogP contribution in [0.2, 0.25) is 0 Å². The van der Waals surface area contributed by atoms with Crippen LogP contribution in [0.4, 0.5) is 27.6 Å². The van der Waals surface area contributed by atoms with Crippen LogP contribution >= 0.6 is 0 Å². The van der Waals surface area contributed by atoms with Gasteiger partial charge >= 0.3 is 0 Å². The van der Waals surface area contributed by atoms with Gasteiger partial charge in [0.05, 0.1) is 17.4 Å². The second-order valence-corrected chi connectivity index (χ2v) is 5.65. The van der Waals surface area contributed by atoms with Crippen molar-refractivity contribution in [1.29, 1.82) is 0 Å². The first kappa shape index (κ1) is 18.6. The van der Waals surface area contributed by atoms with Gasteiger partial charge < -0.3 is 5.32 Å². The lowest BCUT2D eigenvalue weighted by Gasteiger charge is -2.18. The molecule has 3 aromatic rings. The predicted octanol–water partition coefficient (Wildman–Crippen LogP) is 4.99. The highest BCUT2D eigenvalue weighted by atomic mass is 19.3. The van der Waals surface area contributed by atoms with E-state index < -0.39 is 46.6 Å². The van der Waals surface area contributed by atoms with Gasteiger partial charge in [-0.3, -0.25) is 9.89 Å². The average molecular weight is 381 g/mol. The molecule has 3 rings (SSSR count). The average Bonchev–Trinajstić information content (AvgIpc) is 3.19. The van der Waals surface area contributed by atoms with E-state index in [1.165, 1.54) is 24.4 Å². The van der Waals surface area contributed by atoms with Crippen LogP contribution in [0.15, 0.2) is 36.7 Å². The van der Waals surface area contributed by atoms with Crippen molar-refractivity contribution in [3.63, 3.8) is 0 Å². The van der Waals surface area contributed by atoms with Gasteiger partial charge in [0.2, 0.25) is 0 Å². The maximum absolute atomic E-state index is 14.5. The standard InChI is InChI=1S/C18H12F5N3O/c1-8-12(10-4-2-3-5-11(10)17(22)23)16(15(21)14(20)13(8)19)26-18(27)9-6-24-25-7-9/h2-7,17H,1H3,(H,24,25)(H,26,27). The number of nitrogens with one attached hydrogen (secondary N) is 2. The summed E-state index contributed by atoms with van der Waals surface area (Å²) in [6.07, 6.45) is -0.617. The Balaban J connectivity index is 2.26. The summed E-state index contributed by atoms with van der Waals surface area (Å²) in [4.78, 5) is 12.2. The molecular formula is C18H12F5N3O. The van der Waals surface area contributed by atoms with E-state index >= 15 is 0 Å². The van der Waals surface area contributed by atoms with E-state index in [1.54, 1.807) is 0 Å². The molecule has 2 aromatic carbocycles. The zero-order valence-corrected chi connectivity index (χ0v) is 13.8. The van der Waals surface area contributed by atoms with Crippen molar-refractivity contribution in [2.24, 2.45) is 0 Å². The summed E-state index contributed by atoms with van der Waals surface area (Å²) >= 11 is 0.